The Kier molecular flexibility index (Phi) is 2.67. The maximum Gasteiger partial charge on any atom is 0.490 e. The van der Waals surface area contributed by atoms with E-state index in [9.17, 15) is 8.42 Å². The normalized spacial score (nSPS) is 11.3. The molecule has 0 fully saturated rings. The lowest BCUT2D eigenvalue weighted by Crippen LogP contribution is -2.31. The highest BCUT2D eigenvalue weighted by molar-refractivity contribution is 7.89. The lowest BCUT2D eigenvalue weighted by Gasteiger charge is -2.00. The van der Waals surface area contributed by atoms with Crippen molar-refractivity contribution < 1.29 is 18.5 Å². The van der Waals surface area contributed by atoms with Crippen LogP contribution in [-0.2, 0) is 10.0 Å². The molecule has 0 atom stereocenters. The fraction of sp³-hybridized carbons (Fsp3) is 0. The van der Waals surface area contributed by atoms with Crippen LogP contribution in [0.3, 0.4) is 0 Å². The zero-order valence-electron chi connectivity index (χ0n) is 6.45. The minimum absolute atomic E-state index is 0.0217. The molecule has 0 aliphatic carbocycles. The maximum absolute atomic E-state index is 10.8. The minimum Gasteiger partial charge on any atom is -0.423 e. The molecule has 0 aliphatic rings. The lowest BCUT2D eigenvalue weighted by atomic mass is 9.82. The standard InChI is InChI=1S/C5H7BN2O4S/c7-13(11,12)5-1-4(6(9)10)2-8-3-5/h1-3,9-10H,(H2,7,11,12). The van der Waals surface area contributed by atoms with Gasteiger partial charge in [-0.05, 0) is 6.07 Å². The van der Waals surface area contributed by atoms with Crippen molar-refractivity contribution in [2.75, 3.05) is 0 Å². The molecule has 1 aromatic rings. The summed E-state index contributed by atoms with van der Waals surface area (Å²) in [5, 5.41) is 22.2. The van der Waals surface area contributed by atoms with Gasteiger partial charge in [-0.2, -0.15) is 0 Å². The predicted octanol–water partition coefficient (Wildman–Crippen LogP) is -2.59. The Morgan fingerprint density at radius 1 is 1.38 bits per heavy atom. The van der Waals surface area contributed by atoms with Gasteiger partial charge in [0.15, 0.2) is 0 Å². The fourth-order valence-electron chi connectivity index (χ4n) is 0.732. The number of hydrogen-bond acceptors (Lipinski definition) is 5. The first-order valence-corrected chi connectivity index (χ1v) is 4.80. The Morgan fingerprint density at radius 2 is 2.00 bits per heavy atom. The van der Waals surface area contributed by atoms with Gasteiger partial charge in [0, 0.05) is 17.9 Å². The number of sulfonamides is 1. The highest BCUT2D eigenvalue weighted by Gasteiger charge is 2.15. The van der Waals surface area contributed by atoms with E-state index in [0.717, 1.165) is 18.5 Å². The molecule has 0 radical (unpaired) electrons. The van der Waals surface area contributed by atoms with Gasteiger partial charge in [-0.1, -0.05) is 0 Å². The van der Waals surface area contributed by atoms with Gasteiger partial charge in [0.2, 0.25) is 10.0 Å². The zero-order valence-corrected chi connectivity index (χ0v) is 7.27. The summed E-state index contributed by atoms with van der Waals surface area (Å²) >= 11 is 0. The molecule has 0 aliphatic heterocycles. The Balaban J connectivity index is 3.21. The van der Waals surface area contributed by atoms with Crippen LogP contribution < -0.4 is 10.6 Å². The second-order valence-electron chi connectivity index (χ2n) is 2.37. The second-order valence-corrected chi connectivity index (χ2v) is 3.93. The Bertz CT molecular complexity index is 405. The Morgan fingerprint density at radius 3 is 2.46 bits per heavy atom. The maximum atomic E-state index is 10.8. The Labute approximate surface area is 75.2 Å². The van der Waals surface area contributed by atoms with E-state index in [1.165, 1.54) is 0 Å². The smallest absolute Gasteiger partial charge is 0.423 e. The zero-order chi connectivity index (χ0) is 10.1. The third-order valence-corrected chi connectivity index (χ3v) is 2.24. The molecule has 0 unspecified atom stereocenters. The predicted molar refractivity (Wildman–Crippen MR) is 45.4 cm³/mol. The van der Waals surface area contributed by atoms with Crippen molar-refractivity contribution in [1.82, 2.24) is 4.98 Å². The van der Waals surface area contributed by atoms with E-state index in [0.29, 0.717) is 0 Å². The molecular weight excluding hydrogens is 195 g/mol. The number of primary sulfonamides is 1. The molecule has 1 rings (SSSR count). The van der Waals surface area contributed by atoms with Crippen molar-refractivity contribution in [2.24, 2.45) is 5.14 Å². The number of nitrogens with two attached hydrogens (primary N) is 1. The topological polar surface area (TPSA) is 114 Å². The first-order chi connectivity index (χ1) is 5.91. The SMILES string of the molecule is NS(=O)(=O)c1cncc(B(O)O)c1. The molecule has 4 N–H and O–H groups in total. The minimum atomic E-state index is -3.84. The number of pyridine rings is 1. The molecule has 0 amide bonds. The second kappa shape index (κ2) is 3.42. The van der Waals surface area contributed by atoms with Gasteiger partial charge in [-0.25, -0.2) is 13.6 Å². The monoisotopic (exact) mass is 202 g/mol. The molecule has 0 aromatic carbocycles. The summed E-state index contributed by atoms with van der Waals surface area (Å²) in [6.07, 6.45) is 2.17. The van der Waals surface area contributed by atoms with Gasteiger partial charge in [0.05, 0.1) is 4.90 Å². The molecule has 13 heavy (non-hydrogen) atoms. The van der Waals surface area contributed by atoms with Crippen LogP contribution in [0.4, 0.5) is 0 Å². The van der Waals surface area contributed by atoms with Crippen molar-refractivity contribution in [3.8, 4) is 0 Å². The van der Waals surface area contributed by atoms with Crippen molar-refractivity contribution in [3.63, 3.8) is 0 Å². The van der Waals surface area contributed by atoms with E-state index >= 15 is 0 Å². The van der Waals surface area contributed by atoms with Gasteiger partial charge >= 0.3 is 7.12 Å². The summed E-state index contributed by atoms with van der Waals surface area (Å²) in [7, 11) is -5.60. The lowest BCUT2D eigenvalue weighted by molar-refractivity contribution is 0.425. The highest BCUT2D eigenvalue weighted by Crippen LogP contribution is 2.00. The molecule has 1 aromatic heterocycles. The quantitative estimate of drug-likeness (QED) is 0.455. The van der Waals surface area contributed by atoms with Crippen molar-refractivity contribution in [1.29, 1.82) is 0 Å². The number of aromatic nitrogens is 1. The first-order valence-electron chi connectivity index (χ1n) is 3.25. The van der Waals surface area contributed by atoms with E-state index in [-0.39, 0.29) is 10.4 Å². The van der Waals surface area contributed by atoms with Gasteiger partial charge in [-0.15, -0.1) is 0 Å². The summed E-state index contributed by atoms with van der Waals surface area (Å²) in [6, 6.07) is 1.05. The fourth-order valence-corrected chi connectivity index (χ4v) is 1.24. The van der Waals surface area contributed by atoms with Crippen LogP contribution in [0.25, 0.3) is 0 Å². The molecule has 0 saturated heterocycles. The van der Waals surface area contributed by atoms with Crippen molar-refractivity contribution >= 4 is 22.6 Å². The van der Waals surface area contributed by atoms with Crippen LogP contribution in [0.5, 0.6) is 0 Å². The average Bonchev–Trinajstić information content (AvgIpc) is 2.03. The van der Waals surface area contributed by atoms with Crippen molar-refractivity contribution in [3.05, 3.63) is 18.5 Å². The first kappa shape index (κ1) is 10.1. The summed E-state index contributed by atoms with van der Waals surface area (Å²) in [5.41, 5.74) is -0.0217. The van der Waals surface area contributed by atoms with E-state index in [1.807, 2.05) is 0 Å². The van der Waals surface area contributed by atoms with Crippen LogP contribution >= 0.6 is 0 Å². The number of nitrogens with zero attached hydrogens (tertiary/aromatic N) is 1. The van der Waals surface area contributed by atoms with Gasteiger partial charge in [0.1, 0.15) is 0 Å². The van der Waals surface area contributed by atoms with Crippen LogP contribution in [0, 0.1) is 0 Å². The molecule has 6 nitrogen and oxygen atoms in total. The Hall–Kier alpha value is -0.955. The van der Waals surface area contributed by atoms with E-state index in [4.69, 9.17) is 15.2 Å². The molecule has 0 saturated carbocycles. The summed E-state index contributed by atoms with van der Waals surface area (Å²) in [4.78, 5) is 3.24. The molecule has 0 spiro atoms. The van der Waals surface area contributed by atoms with Crippen LogP contribution in [0.1, 0.15) is 0 Å². The molecule has 70 valence electrons. The summed E-state index contributed by atoms with van der Waals surface area (Å²) in [5.74, 6) is 0. The van der Waals surface area contributed by atoms with E-state index in [1.54, 1.807) is 0 Å². The molecule has 8 heteroatoms. The third-order valence-electron chi connectivity index (χ3n) is 1.36. The average molecular weight is 202 g/mol. The largest absolute Gasteiger partial charge is 0.490 e. The molecule has 1 heterocycles. The molecule has 0 bridgehead atoms. The summed E-state index contributed by atoms with van der Waals surface area (Å²) in [6.45, 7) is 0. The third kappa shape index (κ3) is 2.49. The van der Waals surface area contributed by atoms with Gasteiger partial charge < -0.3 is 10.0 Å². The van der Waals surface area contributed by atoms with E-state index < -0.39 is 17.1 Å². The summed E-state index contributed by atoms with van der Waals surface area (Å²) < 4.78 is 21.6. The number of hydrogen-bond donors (Lipinski definition) is 3. The van der Waals surface area contributed by atoms with Crippen LogP contribution in [0.2, 0.25) is 0 Å². The van der Waals surface area contributed by atoms with Crippen molar-refractivity contribution in [2.45, 2.75) is 4.90 Å². The van der Waals surface area contributed by atoms with Crippen LogP contribution in [-0.4, -0.2) is 30.6 Å². The van der Waals surface area contributed by atoms with Gasteiger partial charge in [-0.3, -0.25) is 4.98 Å². The number of rotatable bonds is 2. The van der Waals surface area contributed by atoms with E-state index in [2.05, 4.69) is 4.98 Å². The molecular formula is C5H7BN2O4S. The van der Waals surface area contributed by atoms with Gasteiger partial charge in [0.25, 0.3) is 0 Å². The highest BCUT2D eigenvalue weighted by atomic mass is 32.2. The van der Waals surface area contributed by atoms with Crippen LogP contribution in [0.15, 0.2) is 23.4 Å².